The molecule has 2 atom stereocenters. The minimum absolute atomic E-state index is 0.146. The minimum Gasteiger partial charge on any atom is -0.444 e. The van der Waals surface area contributed by atoms with Gasteiger partial charge in [0.05, 0.1) is 0 Å². The van der Waals surface area contributed by atoms with E-state index < -0.39 is 17.7 Å². The molecule has 0 radical (unpaired) electrons. The fraction of sp³-hybridized carbons (Fsp3) is 0.382. The van der Waals surface area contributed by atoms with Crippen molar-refractivity contribution in [3.05, 3.63) is 107 Å². The topological polar surface area (TPSA) is 74.8 Å². The molecule has 3 aromatic rings. The van der Waals surface area contributed by atoms with Crippen LogP contribution in [0.5, 0.6) is 0 Å². The number of carbonyl (C=O) groups excluding carboxylic acids is 2. The summed E-state index contributed by atoms with van der Waals surface area (Å²) in [5.41, 5.74) is 5.55. The van der Waals surface area contributed by atoms with Crippen molar-refractivity contribution in [1.29, 1.82) is 0 Å². The normalized spacial score (nSPS) is 19.4. The summed E-state index contributed by atoms with van der Waals surface area (Å²) in [7, 11) is 0. The first kappa shape index (κ1) is 29.9. The molecule has 8 heteroatoms. The van der Waals surface area contributed by atoms with Crippen molar-refractivity contribution in [2.75, 3.05) is 31.9 Å². The van der Waals surface area contributed by atoms with E-state index in [0.717, 1.165) is 38.0 Å². The van der Waals surface area contributed by atoms with E-state index in [2.05, 4.69) is 75.9 Å². The van der Waals surface area contributed by atoms with Crippen molar-refractivity contribution < 1.29 is 14.3 Å². The van der Waals surface area contributed by atoms with Gasteiger partial charge in [-0.1, -0.05) is 72.3 Å². The van der Waals surface area contributed by atoms with Crippen LogP contribution in [0.15, 0.2) is 90.8 Å². The molecule has 0 saturated carbocycles. The maximum atomic E-state index is 13.4. The Morgan fingerprint density at radius 1 is 0.952 bits per heavy atom. The van der Waals surface area contributed by atoms with Gasteiger partial charge >= 0.3 is 6.09 Å². The van der Waals surface area contributed by atoms with E-state index in [1.807, 2.05) is 32.9 Å². The van der Waals surface area contributed by atoms with Crippen LogP contribution in [0.4, 0.5) is 4.79 Å². The lowest BCUT2D eigenvalue weighted by molar-refractivity contribution is -0.125. The monoisotopic (exact) mass is 584 g/mol. The summed E-state index contributed by atoms with van der Waals surface area (Å²) in [6.07, 6.45) is 4.95. The summed E-state index contributed by atoms with van der Waals surface area (Å²) in [6, 6.07) is 24.5. The zero-order valence-corrected chi connectivity index (χ0v) is 25.5. The SMILES string of the molecule is CC(C)(C)OC(=O)N1C(c2cccnc2)SC[C@H]1C(=O)NCCN1CCC(=C(c2ccccc2)c2ccccc2)CC1. The maximum Gasteiger partial charge on any atom is 0.412 e. The Bertz CT molecular complexity index is 1320. The minimum atomic E-state index is -0.659. The molecule has 7 nitrogen and oxygen atoms in total. The molecule has 0 spiro atoms. The van der Waals surface area contributed by atoms with Crippen LogP contribution in [0.25, 0.3) is 5.57 Å². The second-order valence-corrected chi connectivity index (χ2v) is 12.8. The lowest BCUT2D eigenvalue weighted by Gasteiger charge is -2.32. The van der Waals surface area contributed by atoms with E-state index in [0.29, 0.717) is 12.3 Å². The van der Waals surface area contributed by atoms with Crippen LogP contribution < -0.4 is 5.32 Å². The average Bonchev–Trinajstić information content (AvgIpc) is 3.45. The highest BCUT2D eigenvalue weighted by molar-refractivity contribution is 7.99. The number of thioether (sulfide) groups is 1. The number of pyridine rings is 1. The van der Waals surface area contributed by atoms with Gasteiger partial charge < -0.3 is 15.0 Å². The van der Waals surface area contributed by atoms with E-state index in [4.69, 9.17) is 4.74 Å². The quantitative estimate of drug-likeness (QED) is 0.359. The fourth-order valence-corrected chi connectivity index (χ4v) is 6.96. The van der Waals surface area contributed by atoms with Gasteiger partial charge in [-0.15, -0.1) is 11.8 Å². The summed E-state index contributed by atoms with van der Waals surface area (Å²) in [5.74, 6) is 0.359. The Balaban J connectivity index is 1.20. The second kappa shape index (κ2) is 13.6. The third-order valence-electron chi connectivity index (χ3n) is 7.54. The number of carbonyl (C=O) groups is 2. The van der Waals surface area contributed by atoms with Crippen molar-refractivity contribution >= 4 is 29.3 Å². The summed E-state index contributed by atoms with van der Waals surface area (Å²) < 4.78 is 5.71. The second-order valence-electron chi connectivity index (χ2n) is 11.7. The molecule has 1 aromatic heterocycles. The number of ether oxygens (including phenoxy) is 1. The first-order chi connectivity index (χ1) is 20.3. The number of likely N-dealkylation sites (tertiary alicyclic amines) is 1. The highest BCUT2D eigenvalue weighted by atomic mass is 32.2. The molecule has 3 heterocycles. The largest absolute Gasteiger partial charge is 0.444 e. The lowest BCUT2D eigenvalue weighted by Crippen LogP contribution is -2.50. The van der Waals surface area contributed by atoms with Gasteiger partial charge in [0, 0.05) is 49.9 Å². The molecular weight excluding hydrogens is 544 g/mol. The predicted molar refractivity (Wildman–Crippen MR) is 169 cm³/mol. The average molecular weight is 585 g/mol. The summed E-state index contributed by atoms with van der Waals surface area (Å²) in [6.45, 7) is 8.70. The number of rotatable bonds is 7. The first-order valence-electron chi connectivity index (χ1n) is 14.7. The van der Waals surface area contributed by atoms with Gasteiger partial charge in [0.1, 0.15) is 17.0 Å². The van der Waals surface area contributed by atoms with E-state index >= 15 is 0 Å². The molecular formula is C34H40N4O3S. The van der Waals surface area contributed by atoms with E-state index in [9.17, 15) is 9.59 Å². The molecule has 2 fully saturated rings. The van der Waals surface area contributed by atoms with Crippen LogP contribution in [0, 0.1) is 0 Å². The Hall–Kier alpha value is -3.62. The van der Waals surface area contributed by atoms with Crippen LogP contribution in [-0.4, -0.2) is 70.4 Å². The van der Waals surface area contributed by atoms with Crippen molar-refractivity contribution in [3.63, 3.8) is 0 Å². The van der Waals surface area contributed by atoms with Gasteiger partial charge in [0.15, 0.2) is 0 Å². The first-order valence-corrected chi connectivity index (χ1v) is 15.7. The highest BCUT2D eigenvalue weighted by Gasteiger charge is 2.44. The van der Waals surface area contributed by atoms with Gasteiger partial charge in [0.2, 0.25) is 5.91 Å². The molecule has 5 rings (SSSR count). The standard InChI is InChI=1S/C34H40N4O3S/c1-34(2,3)41-33(40)38-29(24-42-32(38)28-15-10-18-35-23-28)31(39)36-19-22-37-20-16-27(17-21-37)30(25-11-6-4-7-12-25)26-13-8-5-9-14-26/h4-15,18,23,29,32H,16-17,19-22,24H2,1-3H3,(H,36,39)/t29-,32?/m0/s1. The predicted octanol–water partition coefficient (Wildman–Crippen LogP) is 6.15. The zero-order chi connectivity index (χ0) is 29.5. The van der Waals surface area contributed by atoms with E-state index in [1.165, 1.54) is 22.3 Å². The van der Waals surface area contributed by atoms with E-state index in [1.54, 1.807) is 29.1 Å². The maximum absolute atomic E-state index is 13.4. The zero-order valence-electron chi connectivity index (χ0n) is 24.7. The molecule has 2 saturated heterocycles. The molecule has 1 unspecified atom stereocenters. The number of aromatic nitrogens is 1. The molecule has 1 N–H and O–H groups in total. The van der Waals surface area contributed by atoms with Gasteiger partial charge in [-0.25, -0.2) is 4.79 Å². The highest BCUT2D eigenvalue weighted by Crippen LogP contribution is 2.42. The van der Waals surface area contributed by atoms with Gasteiger partial charge in [0.25, 0.3) is 0 Å². The Kier molecular flexibility index (Phi) is 9.65. The number of hydrogen-bond acceptors (Lipinski definition) is 6. The molecule has 0 bridgehead atoms. The third kappa shape index (κ3) is 7.41. The summed E-state index contributed by atoms with van der Waals surface area (Å²) in [5, 5.41) is 2.79. The van der Waals surface area contributed by atoms with Crippen molar-refractivity contribution in [2.24, 2.45) is 0 Å². The van der Waals surface area contributed by atoms with Gasteiger partial charge in [-0.05, 0) is 56.4 Å². The lowest BCUT2D eigenvalue weighted by atomic mass is 9.88. The molecule has 42 heavy (non-hydrogen) atoms. The Morgan fingerprint density at radius 2 is 1.60 bits per heavy atom. The number of amides is 2. The number of nitrogens with zero attached hydrogens (tertiary/aromatic N) is 3. The molecule has 220 valence electrons. The van der Waals surface area contributed by atoms with Gasteiger partial charge in [-0.2, -0.15) is 0 Å². The van der Waals surface area contributed by atoms with Crippen molar-refractivity contribution in [2.45, 2.75) is 50.6 Å². The molecule has 2 aliphatic heterocycles. The van der Waals surface area contributed by atoms with Crippen molar-refractivity contribution in [1.82, 2.24) is 20.1 Å². The van der Waals surface area contributed by atoms with Crippen LogP contribution in [0.3, 0.4) is 0 Å². The molecule has 2 amide bonds. The van der Waals surface area contributed by atoms with Crippen LogP contribution in [-0.2, 0) is 9.53 Å². The number of hydrogen-bond donors (Lipinski definition) is 1. The Morgan fingerprint density at radius 3 is 2.17 bits per heavy atom. The van der Waals surface area contributed by atoms with E-state index in [-0.39, 0.29) is 11.3 Å². The fourth-order valence-electron chi connectivity index (χ4n) is 5.56. The third-order valence-corrected chi connectivity index (χ3v) is 8.87. The molecule has 2 aromatic carbocycles. The van der Waals surface area contributed by atoms with Gasteiger partial charge in [-0.3, -0.25) is 14.7 Å². The van der Waals surface area contributed by atoms with Crippen molar-refractivity contribution in [3.8, 4) is 0 Å². The van der Waals surface area contributed by atoms with Crippen LogP contribution >= 0.6 is 11.8 Å². The number of benzene rings is 2. The number of piperidine rings is 1. The molecule has 0 aliphatic carbocycles. The smallest absolute Gasteiger partial charge is 0.412 e. The number of nitrogens with one attached hydrogen (secondary N) is 1. The summed E-state index contributed by atoms with van der Waals surface area (Å²) in [4.78, 5) is 34.8. The van der Waals surface area contributed by atoms with Crippen LogP contribution in [0.2, 0.25) is 0 Å². The van der Waals surface area contributed by atoms with Crippen LogP contribution in [0.1, 0.15) is 55.7 Å². The summed E-state index contributed by atoms with van der Waals surface area (Å²) >= 11 is 1.56. The Labute approximate surface area is 253 Å². The molecule has 2 aliphatic rings.